The number of hydrogen-bond donors (Lipinski definition) is 0. The van der Waals surface area contributed by atoms with E-state index in [-0.39, 0.29) is 18.4 Å². The lowest BCUT2D eigenvalue weighted by Gasteiger charge is -2.31. The molecule has 0 saturated carbocycles. The van der Waals surface area contributed by atoms with E-state index in [0.717, 1.165) is 16.8 Å². The summed E-state index contributed by atoms with van der Waals surface area (Å²) in [5.41, 5.74) is 2.82. The van der Waals surface area contributed by atoms with E-state index in [4.69, 9.17) is 32.7 Å². The fourth-order valence-electron chi connectivity index (χ4n) is 2.65. The largest absolute Gasteiger partial charge is 0.469 e. The maximum Gasteiger partial charge on any atom is 0.307 e. The lowest BCUT2D eigenvalue weighted by atomic mass is 9.97. The number of aryl methyl sites for hydroxylation is 1. The summed E-state index contributed by atoms with van der Waals surface area (Å²) in [5.74, 6) is -0.289. The summed E-state index contributed by atoms with van der Waals surface area (Å²) in [6.45, 7) is 3.94. The molecule has 1 atom stereocenters. The van der Waals surface area contributed by atoms with E-state index in [1.807, 2.05) is 62.1 Å². The molecule has 2 aromatic rings. The van der Waals surface area contributed by atoms with Crippen LogP contribution in [0.2, 0.25) is 10.0 Å². The monoisotopic (exact) mass is 381 g/mol. The number of methoxy groups -OCH3 is 1. The fraction of sp³-hybridized carbons (Fsp3) is 0.263. The summed E-state index contributed by atoms with van der Waals surface area (Å²) in [4.78, 5) is 21.9. The number of ether oxygens (including phenoxy) is 1. The Morgan fingerprint density at radius 3 is 2.32 bits per heavy atom. The van der Waals surface area contributed by atoms with Crippen molar-refractivity contribution in [2.24, 2.45) is 0 Å². The number of rotatable bonds is 5. The molecule has 25 heavy (non-hydrogen) atoms. The van der Waals surface area contributed by atoms with Crippen LogP contribution in [-0.4, -0.2) is 26.9 Å². The summed E-state index contributed by atoms with van der Waals surface area (Å²) >= 11 is 12.5. The van der Waals surface area contributed by atoms with Crippen LogP contribution in [0.1, 0.15) is 23.6 Å². The number of carbonyl (C=O) groups excluding carboxylic acids is 2. The zero-order valence-electron chi connectivity index (χ0n) is 14.5. The topological polar surface area (TPSA) is 46.6 Å². The molecular formula is C19H21Cl2NO3. The molecule has 0 amide bonds. The standard InChI is InChI=1S/C18H19Cl2NO2.CH2O/c1-12-9-13(19)10-15(20)18(12)16(11-17(22)23-3)21(2)14-7-5-4-6-8-14;1-2/h4-10,16H,11H2,1-3H3;1H2. The predicted octanol–water partition coefficient (Wildman–Crippen LogP) is 4.86. The van der Waals surface area contributed by atoms with Crippen LogP contribution < -0.4 is 4.90 Å². The lowest BCUT2D eigenvalue weighted by molar-refractivity contribution is -0.141. The molecule has 6 heteroatoms. The van der Waals surface area contributed by atoms with Gasteiger partial charge in [0, 0.05) is 22.8 Å². The number of carbonyl (C=O) groups is 2. The molecule has 4 nitrogen and oxygen atoms in total. The van der Waals surface area contributed by atoms with E-state index >= 15 is 0 Å². The summed E-state index contributed by atoms with van der Waals surface area (Å²) < 4.78 is 4.86. The third kappa shape index (κ3) is 5.48. The first kappa shape index (κ1) is 21.0. The second-order valence-corrected chi connectivity index (χ2v) is 6.20. The Balaban J connectivity index is 0.00000151. The Hall–Kier alpha value is -2.04. The van der Waals surface area contributed by atoms with Crippen LogP contribution in [0.25, 0.3) is 0 Å². The molecule has 0 aliphatic heterocycles. The van der Waals surface area contributed by atoms with Crippen molar-refractivity contribution < 1.29 is 14.3 Å². The normalized spacial score (nSPS) is 11.1. The second kappa shape index (κ2) is 10.1. The third-order valence-corrected chi connectivity index (χ3v) is 4.38. The maximum absolute atomic E-state index is 11.9. The van der Waals surface area contributed by atoms with Gasteiger partial charge in [-0.25, -0.2) is 0 Å². The van der Waals surface area contributed by atoms with Crippen LogP contribution in [-0.2, 0) is 14.3 Å². The number of anilines is 1. The van der Waals surface area contributed by atoms with Crippen molar-refractivity contribution in [1.82, 2.24) is 0 Å². The Bertz CT molecular complexity index is 684. The zero-order chi connectivity index (χ0) is 19.0. The number of hydrogen-bond acceptors (Lipinski definition) is 4. The van der Waals surface area contributed by atoms with E-state index in [1.54, 1.807) is 6.07 Å². The molecule has 2 aromatic carbocycles. The van der Waals surface area contributed by atoms with E-state index in [2.05, 4.69) is 0 Å². The average molecular weight is 382 g/mol. The van der Waals surface area contributed by atoms with Gasteiger partial charge >= 0.3 is 5.97 Å². The lowest BCUT2D eigenvalue weighted by Crippen LogP contribution is -2.27. The van der Waals surface area contributed by atoms with E-state index < -0.39 is 0 Å². The first-order chi connectivity index (χ1) is 11.9. The Morgan fingerprint density at radius 2 is 1.80 bits per heavy atom. The van der Waals surface area contributed by atoms with Crippen molar-refractivity contribution in [1.29, 1.82) is 0 Å². The number of esters is 1. The van der Waals surface area contributed by atoms with Gasteiger partial charge < -0.3 is 14.4 Å². The second-order valence-electron chi connectivity index (χ2n) is 5.36. The highest BCUT2D eigenvalue weighted by molar-refractivity contribution is 6.35. The molecular weight excluding hydrogens is 361 g/mol. The molecule has 134 valence electrons. The van der Waals surface area contributed by atoms with Gasteiger partial charge in [0.25, 0.3) is 0 Å². The van der Waals surface area contributed by atoms with Gasteiger partial charge in [-0.05, 0) is 42.3 Å². The molecule has 0 saturated heterocycles. The van der Waals surface area contributed by atoms with Crippen LogP contribution in [0.4, 0.5) is 5.69 Å². The molecule has 0 aromatic heterocycles. The van der Waals surface area contributed by atoms with Crippen molar-refractivity contribution in [3.05, 3.63) is 63.6 Å². The maximum atomic E-state index is 11.9. The Morgan fingerprint density at radius 1 is 1.20 bits per heavy atom. The minimum absolute atomic E-state index is 0.198. The minimum Gasteiger partial charge on any atom is -0.469 e. The summed E-state index contributed by atoms with van der Waals surface area (Å²) in [6.07, 6.45) is 0.198. The molecule has 0 N–H and O–H groups in total. The molecule has 0 bridgehead atoms. The van der Waals surface area contributed by atoms with Gasteiger partial charge in [0.15, 0.2) is 0 Å². The van der Waals surface area contributed by atoms with Crippen LogP contribution in [0.3, 0.4) is 0 Å². The van der Waals surface area contributed by atoms with Crippen molar-refractivity contribution in [3.63, 3.8) is 0 Å². The smallest absolute Gasteiger partial charge is 0.307 e. The molecule has 0 heterocycles. The summed E-state index contributed by atoms with van der Waals surface area (Å²) in [5, 5.41) is 1.13. The zero-order valence-corrected chi connectivity index (χ0v) is 16.0. The van der Waals surface area contributed by atoms with E-state index in [0.29, 0.717) is 10.0 Å². The molecule has 0 spiro atoms. The average Bonchev–Trinajstić information content (AvgIpc) is 2.61. The number of benzene rings is 2. The van der Waals surface area contributed by atoms with Gasteiger partial charge in [-0.1, -0.05) is 41.4 Å². The van der Waals surface area contributed by atoms with Crippen molar-refractivity contribution >= 4 is 41.6 Å². The molecule has 0 radical (unpaired) electrons. The summed E-state index contributed by atoms with van der Waals surface area (Å²) in [6, 6.07) is 13.2. The van der Waals surface area contributed by atoms with Gasteiger partial charge in [0.1, 0.15) is 6.79 Å². The number of halogens is 2. The van der Waals surface area contributed by atoms with Crippen molar-refractivity contribution in [2.45, 2.75) is 19.4 Å². The van der Waals surface area contributed by atoms with Gasteiger partial charge in [-0.3, -0.25) is 4.79 Å². The highest BCUT2D eigenvalue weighted by Crippen LogP contribution is 2.36. The van der Waals surface area contributed by atoms with Crippen LogP contribution in [0, 0.1) is 6.92 Å². The molecule has 0 aliphatic rings. The highest BCUT2D eigenvalue weighted by atomic mass is 35.5. The SMILES string of the molecule is C=O.COC(=O)CC(c1c(C)cc(Cl)cc1Cl)N(C)c1ccccc1. The van der Waals surface area contributed by atoms with Crippen LogP contribution >= 0.6 is 23.2 Å². The Labute approximate surface area is 158 Å². The van der Waals surface area contributed by atoms with Crippen LogP contribution in [0.5, 0.6) is 0 Å². The molecule has 1 unspecified atom stereocenters. The molecule has 0 fully saturated rings. The first-order valence-electron chi connectivity index (χ1n) is 7.53. The number of para-hydroxylation sites is 1. The first-order valence-corrected chi connectivity index (χ1v) is 8.28. The summed E-state index contributed by atoms with van der Waals surface area (Å²) in [7, 11) is 3.32. The molecule has 2 rings (SSSR count). The van der Waals surface area contributed by atoms with Gasteiger partial charge in [-0.2, -0.15) is 0 Å². The minimum atomic E-state index is -0.289. The van der Waals surface area contributed by atoms with Gasteiger partial charge in [0.05, 0.1) is 19.6 Å². The van der Waals surface area contributed by atoms with E-state index in [9.17, 15) is 4.79 Å². The van der Waals surface area contributed by atoms with Crippen molar-refractivity contribution in [3.8, 4) is 0 Å². The quantitative estimate of drug-likeness (QED) is 0.693. The fourth-order valence-corrected chi connectivity index (χ4v) is 3.37. The Kier molecular flexibility index (Phi) is 8.46. The molecule has 0 aliphatic carbocycles. The third-order valence-electron chi connectivity index (χ3n) is 3.85. The van der Waals surface area contributed by atoms with Gasteiger partial charge in [-0.15, -0.1) is 0 Å². The van der Waals surface area contributed by atoms with Gasteiger partial charge in [0.2, 0.25) is 0 Å². The highest BCUT2D eigenvalue weighted by Gasteiger charge is 2.25. The van der Waals surface area contributed by atoms with E-state index in [1.165, 1.54) is 7.11 Å². The predicted molar refractivity (Wildman–Crippen MR) is 103 cm³/mol. The van der Waals surface area contributed by atoms with Crippen molar-refractivity contribution in [2.75, 3.05) is 19.1 Å². The van der Waals surface area contributed by atoms with Crippen LogP contribution in [0.15, 0.2) is 42.5 Å². The number of nitrogens with zero attached hydrogens (tertiary/aromatic N) is 1.